The summed E-state index contributed by atoms with van der Waals surface area (Å²) in [6.07, 6.45) is -0.806. The van der Waals surface area contributed by atoms with E-state index >= 15 is 0 Å². The topological polar surface area (TPSA) is 16.1 Å². The monoisotopic (exact) mass is 202 g/mol. The first kappa shape index (κ1) is 10.6. The Morgan fingerprint density at radius 1 is 1.43 bits per heavy atom. The fourth-order valence-electron chi connectivity index (χ4n) is 0.881. The number of anilines is 1. The molecule has 1 aromatic heterocycles. The van der Waals surface area contributed by atoms with E-state index in [0.717, 1.165) is 12.3 Å². The number of hydrogen-bond acceptors (Lipinski definition) is 2. The number of aromatic nitrogens is 1. The number of alkyl halides is 3. The molecule has 1 aromatic rings. The van der Waals surface area contributed by atoms with Crippen LogP contribution in [0.15, 0.2) is 31.2 Å². The molecule has 0 spiro atoms. The van der Waals surface area contributed by atoms with Gasteiger partial charge in [0.25, 0.3) is 0 Å². The summed E-state index contributed by atoms with van der Waals surface area (Å²) in [7, 11) is 1.60. The molecule has 0 aliphatic carbocycles. The molecule has 5 heteroatoms. The summed E-state index contributed by atoms with van der Waals surface area (Å²) in [5, 5.41) is 0. The van der Waals surface area contributed by atoms with Crippen LogP contribution in [0.25, 0.3) is 0 Å². The molecule has 1 rings (SSSR count). The molecule has 0 radical (unpaired) electrons. The van der Waals surface area contributed by atoms with Crippen molar-refractivity contribution in [2.24, 2.45) is 0 Å². The molecule has 0 saturated carbocycles. The Hall–Kier alpha value is -1.52. The smallest absolute Gasteiger partial charge is 0.350 e. The molecule has 14 heavy (non-hydrogen) atoms. The lowest BCUT2D eigenvalue weighted by Crippen LogP contribution is -2.11. The van der Waals surface area contributed by atoms with Gasteiger partial charge in [-0.3, -0.25) is 4.98 Å². The lowest BCUT2D eigenvalue weighted by Gasteiger charge is -2.14. The summed E-state index contributed by atoms with van der Waals surface area (Å²) in [5.74, 6) is 0. The van der Waals surface area contributed by atoms with Gasteiger partial charge in [0.2, 0.25) is 0 Å². The molecule has 0 aliphatic rings. The van der Waals surface area contributed by atoms with Gasteiger partial charge in [-0.15, -0.1) is 0 Å². The van der Waals surface area contributed by atoms with Crippen molar-refractivity contribution in [3.05, 3.63) is 36.8 Å². The first-order chi connectivity index (χ1) is 6.45. The van der Waals surface area contributed by atoms with Crippen LogP contribution in [0.5, 0.6) is 0 Å². The van der Waals surface area contributed by atoms with Crippen LogP contribution in [-0.2, 0) is 6.18 Å². The third-order valence-electron chi connectivity index (χ3n) is 1.73. The number of pyridine rings is 1. The zero-order chi connectivity index (χ0) is 10.8. The van der Waals surface area contributed by atoms with Gasteiger partial charge in [0, 0.05) is 13.2 Å². The van der Waals surface area contributed by atoms with Crippen molar-refractivity contribution in [1.29, 1.82) is 0 Å². The van der Waals surface area contributed by atoms with Gasteiger partial charge >= 0.3 is 6.18 Å². The van der Waals surface area contributed by atoms with Crippen LogP contribution in [0.4, 0.5) is 18.9 Å². The third-order valence-corrected chi connectivity index (χ3v) is 1.73. The average Bonchev–Trinajstić information content (AvgIpc) is 2.15. The molecular formula is C9H9F3N2. The van der Waals surface area contributed by atoms with E-state index in [4.69, 9.17) is 0 Å². The third kappa shape index (κ3) is 2.25. The summed E-state index contributed by atoms with van der Waals surface area (Å²) in [6, 6.07) is 1.02. The summed E-state index contributed by atoms with van der Waals surface area (Å²) < 4.78 is 36.8. The van der Waals surface area contributed by atoms with Gasteiger partial charge in [0.05, 0.1) is 17.4 Å². The molecule has 0 saturated heterocycles. The predicted molar refractivity (Wildman–Crippen MR) is 47.8 cm³/mol. The van der Waals surface area contributed by atoms with E-state index in [1.165, 1.54) is 17.3 Å². The molecule has 0 unspecified atom stereocenters. The average molecular weight is 202 g/mol. The fraction of sp³-hybridized carbons (Fsp3) is 0.222. The minimum Gasteiger partial charge on any atom is -0.350 e. The van der Waals surface area contributed by atoms with Crippen molar-refractivity contribution in [1.82, 2.24) is 4.98 Å². The quantitative estimate of drug-likeness (QED) is 0.732. The molecule has 0 amide bonds. The van der Waals surface area contributed by atoms with E-state index in [0.29, 0.717) is 5.69 Å². The predicted octanol–water partition coefficient (Wildman–Crippen LogP) is 2.68. The van der Waals surface area contributed by atoms with E-state index in [2.05, 4.69) is 11.6 Å². The second-order valence-corrected chi connectivity index (χ2v) is 2.72. The van der Waals surface area contributed by atoms with Crippen molar-refractivity contribution in [3.63, 3.8) is 0 Å². The van der Waals surface area contributed by atoms with Crippen LogP contribution >= 0.6 is 0 Å². The van der Waals surface area contributed by atoms with Crippen LogP contribution in [0.2, 0.25) is 0 Å². The Labute approximate surface area is 79.7 Å². The maximum atomic E-state index is 12.3. The lowest BCUT2D eigenvalue weighted by molar-refractivity contribution is -0.137. The summed E-state index contributed by atoms with van der Waals surface area (Å²) in [6.45, 7) is 3.45. The Kier molecular flexibility index (Phi) is 2.78. The van der Waals surface area contributed by atoms with Crippen LogP contribution < -0.4 is 4.90 Å². The largest absolute Gasteiger partial charge is 0.417 e. The minimum absolute atomic E-state index is 0.356. The molecule has 76 valence electrons. The molecule has 0 aliphatic heterocycles. The molecule has 0 atom stereocenters. The van der Waals surface area contributed by atoms with Crippen molar-refractivity contribution in [2.75, 3.05) is 11.9 Å². The zero-order valence-electron chi connectivity index (χ0n) is 7.54. The minimum atomic E-state index is -4.36. The number of nitrogens with zero attached hydrogens (tertiary/aromatic N) is 2. The molecule has 2 nitrogen and oxygen atoms in total. The lowest BCUT2D eigenvalue weighted by atomic mass is 10.2. The van der Waals surface area contributed by atoms with Gasteiger partial charge < -0.3 is 4.90 Å². The Morgan fingerprint density at radius 2 is 2.07 bits per heavy atom. The standard InChI is InChI=1S/C9H9F3N2/c1-3-14(2)8-4-7(5-13-6-8)9(10,11)12/h3-6H,1H2,2H3. The first-order valence-corrected chi connectivity index (χ1v) is 3.83. The van der Waals surface area contributed by atoms with Gasteiger partial charge in [0.1, 0.15) is 0 Å². The van der Waals surface area contributed by atoms with E-state index in [9.17, 15) is 13.2 Å². The molecule has 1 heterocycles. The Morgan fingerprint density at radius 3 is 2.57 bits per heavy atom. The SMILES string of the molecule is C=CN(C)c1cncc(C(F)(F)F)c1. The summed E-state index contributed by atoms with van der Waals surface area (Å²) in [5.41, 5.74) is -0.404. The number of halogens is 3. The normalized spacial score (nSPS) is 11.1. The van der Waals surface area contributed by atoms with E-state index in [-0.39, 0.29) is 0 Å². The van der Waals surface area contributed by atoms with Crippen molar-refractivity contribution >= 4 is 5.69 Å². The second-order valence-electron chi connectivity index (χ2n) is 2.72. The maximum absolute atomic E-state index is 12.3. The van der Waals surface area contributed by atoms with Crippen LogP contribution in [-0.4, -0.2) is 12.0 Å². The molecule has 0 bridgehead atoms. The van der Waals surface area contributed by atoms with Crippen molar-refractivity contribution in [3.8, 4) is 0 Å². The molecule has 0 aromatic carbocycles. The zero-order valence-corrected chi connectivity index (χ0v) is 7.54. The Bertz CT molecular complexity index is 333. The number of rotatable bonds is 2. The van der Waals surface area contributed by atoms with Gasteiger partial charge in [0.15, 0.2) is 0 Å². The van der Waals surface area contributed by atoms with Crippen LogP contribution in [0.3, 0.4) is 0 Å². The Balaban J connectivity index is 3.07. The van der Waals surface area contributed by atoms with Gasteiger partial charge in [-0.2, -0.15) is 13.2 Å². The number of hydrogen-bond donors (Lipinski definition) is 0. The highest BCUT2D eigenvalue weighted by atomic mass is 19.4. The maximum Gasteiger partial charge on any atom is 0.417 e. The first-order valence-electron chi connectivity index (χ1n) is 3.83. The highest BCUT2D eigenvalue weighted by Gasteiger charge is 2.31. The van der Waals surface area contributed by atoms with Crippen molar-refractivity contribution in [2.45, 2.75) is 6.18 Å². The summed E-state index contributed by atoms with van der Waals surface area (Å²) >= 11 is 0. The van der Waals surface area contributed by atoms with Gasteiger partial charge in [-0.25, -0.2) is 0 Å². The van der Waals surface area contributed by atoms with Gasteiger partial charge in [-0.1, -0.05) is 6.58 Å². The van der Waals surface area contributed by atoms with E-state index in [1.54, 1.807) is 7.05 Å². The van der Waals surface area contributed by atoms with Gasteiger partial charge in [-0.05, 0) is 12.3 Å². The summed E-state index contributed by atoms with van der Waals surface area (Å²) in [4.78, 5) is 4.97. The highest BCUT2D eigenvalue weighted by Crippen LogP contribution is 2.30. The van der Waals surface area contributed by atoms with E-state index in [1.807, 2.05) is 0 Å². The second kappa shape index (κ2) is 3.69. The van der Waals surface area contributed by atoms with E-state index < -0.39 is 11.7 Å². The molecular weight excluding hydrogens is 193 g/mol. The van der Waals surface area contributed by atoms with Crippen molar-refractivity contribution < 1.29 is 13.2 Å². The highest BCUT2D eigenvalue weighted by molar-refractivity contribution is 5.48. The molecule has 0 N–H and O–H groups in total. The fourth-order valence-corrected chi connectivity index (χ4v) is 0.881. The molecule has 0 fully saturated rings. The van der Waals surface area contributed by atoms with Crippen LogP contribution in [0, 0.1) is 0 Å². The van der Waals surface area contributed by atoms with Crippen LogP contribution in [0.1, 0.15) is 5.56 Å².